The number of Topliss-reactive ketones (excluding diaryl/α,β-unsaturated/α-hetero) is 1. The summed E-state index contributed by atoms with van der Waals surface area (Å²) < 4.78 is 4.80. The van der Waals surface area contributed by atoms with Crippen molar-refractivity contribution in [2.24, 2.45) is 0 Å². The molecule has 0 heterocycles. The first-order valence-corrected chi connectivity index (χ1v) is 5.49. The minimum Gasteiger partial charge on any atom is -0.450 e. The van der Waals surface area contributed by atoms with E-state index in [4.69, 9.17) is 4.74 Å². The van der Waals surface area contributed by atoms with E-state index in [0.29, 0.717) is 6.61 Å². The molecule has 0 aliphatic heterocycles. The molecule has 0 aliphatic rings. The summed E-state index contributed by atoms with van der Waals surface area (Å²) in [6.45, 7) is 5.41. The molecule has 0 unspecified atom stereocenters. The van der Waals surface area contributed by atoms with Gasteiger partial charge in [-0.25, -0.2) is 4.79 Å². The predicted octanol–water partition coefficient (Wildman–Crippen LogP) is 1.82. The van der Waals surface area contributed by atoms with Crippen LogP contribution in [0.1, 0.15) is 20.8 Å². The minimum absolute atomic E-state index is 0.0620. The molecule has 1 amide bonds. The van der Waals surface area contributed by atoms with Crippen molar-refractivity contribution < 1.29 is 14.3 Å². The Morgan fingerprint density at radius 2 is 1.93 bits per heavy atom. The lowest BCUT2D eigenvalue weighted by atomic mass is 9.99. The average Bonchev–Trinajstić information content (AvgIpc) is 2.15. The summed E-state index contributed by atoms with van der Waals surface area (Å²) in [7, 11) is 1.55. The zero-order valence-electron chi connectivity index (χ0n) is 8.96. The van der Waals surface area contributed by atoms with E-state index in [9.17, 15) is 9.59 Å². The number of carbonyl (C=O) groups is 2. The van der Waals surface area contributed by atoms with Gasteiger partial charge in [0.25, 0.3) is 0 Å². The van der Waals surface area contributed by atoms with E-state index in [1.807, 2.05) is 0 Å². The number of hydrogen-bond donors (Lipinski definition) is 0. The second-order valence-corrected chi connectivity index (χ2v) is 3.93. The van der Waals surface area contributed by atoms with Gasteiger partial charge in [-0.2, -0.15) is 0 Å². The molecule has 0 bridgehead atoms. The molecule has 0 N–H and O–H groups in total. The predicted molar refractivity (Wildman–Crippen MR) is 57.7 cm³/mol. The van der Waals surface area contributed by atoms with Gasteiger partial charge >= 0.3 is 6.09 Å². The third-order valence-electron chi connectivity index (χ3n) is 2.18. The number of hydrogen-bond acceptors (Lipinski definition) is 3. The monoisotopic (exact) mass is 265 g/mol. The maximum absolute atomic E-state index is 11.5. The highest BCUT2D eigenvalue weighted by Crippen LogP contribution is 2.15. The summed E-state index contributed by atoms with van der Waals surface area (Å²) >= 11 is 3.08. The minimum atomic E-state index is -0.838. The van der Waals surface area contributed by atoms with Crippen LogP contribution in [-0.4, -0.2) is 41.3 Å². The fraction of sp³-hybridized carbons (Fsp3) is 0.778. The summed E-state index contributed by atoms with van der Waals surface area (Å²) in [5.41, 5.74) is -0.838. The quantitative estimate of drug-likeness (QED) is 0.729. The van der Waals surface area contributed by atoms with E-state index in [-0.39, 0.29) is 11.1 Å². The van der Waals surface area contributed by atoms with Crippen LogP contribution in [0.4, 0.5) is 4.79 Å². The van der Waals surface area contributed by atoms with Crippen molar-refractivity contribution in [2.75, 3.05) is 19.0 Å². The number of alkyl halides is 1. The lowest BCUT2D eigenvalue weighted by Crippen LogP contribution is -2.51. The van der Waals surface area contributed by atoms with Crippen LogP contribution in [0.2, 0.25) is 0 Å². The van der Waals surface area contributed by atoms with Gasteiger partial charge < -0.3 is 4.74 Å². The number of carbonyl (C=O) groups excluding carboxylic acids is 2. The van der Waals surface area contributed by atoms with Gasteiger partial charge in [0.1, 0.15) is 0 Å². The molecule has 0 aromatic heterocycles. The maximum Gasteiger partial charge on any atom is 0.410 e. The molecule has 0 rings (SSSR count). The van der Waals surface area contributed by atoms with Crippen LogP contribution in [0.3, 0.4) is 0 Å². The number of nitrogens with zero attached hydrogens (tertiary/aromatic N) is 1. The molecule has 0 aromatic rings. The van der Waals surface area contributed by atoms with Crippen LogP contribution >= 0.6 is 15.9 Å². The Hall–Kier alpha value is -0.580. The zero-order chi connectivity index (χ0) is 11.4. The number of likely N-dealkylation sites (N-methyl/N-ethyl adjacent to an activating group) is 1. The fourth-order valence-corrected chi connectivity index (χ4v) is 1.49. The van der Waals surface area contributed by atoms with E-state index in [1.54, 1.807) is 27.8 Å². The van der Waals surface area contributed by atoms with Crippen LogP contribution in [0.15, 0.2) is 0 Å². The summed E-state index contributed by atoms with van der Waals surface area (Å²) in [5.74, 6) is -0.0620. The molecule has 0 atom stereocenters. The maximum atomic E-state index is 11.5. The fourth-order valence-electron chi connectivity index (χ4n) is 0.799. The number of halogens is 1. The SMILES string of the molecule is CCOC(=O)N(C)C(C)(C)C(=O)CBr. The highest BCUT2D eigenvalue weighted by atomic mass is 79.9. The van der Waals surface area contributed by atoms with Crippen LogP contribution in [0.5, 0.6) is 0 Å². The van der Waals surface area contributed by atoms with Crippen molar-refractivity contribution in [1.82, 2.24) is 4.90 Å². The van der Waals surface area contributed by atoms with E-state index < -0.39 is 11.6 Å². The van der Waals surface area contributed by atoms with E-state index in [0.717, 1.165) is 0 Å². The number of ketones is 1. The third kappa shape index (κ3) is 2.97. The van der Waals surface area contributed by atoms with Gasteiger partial charge in [0.15, 0.2) is 5.78 Å². The van der Waals surface area contributed by atoms with E-state index in [1.165, 1.54) is 4.90 Å². The Morgan fingerprint density at radius 3 is 2.29 bits per heavy atom. The van der Waals surface area contributed by atoms with Gasteiger partial charge in [0.05, 0.1) is 17.5 Å². The second kappa shape index (κ2) is 5.34. The van der Waals surface area contributed by atoms with Gasteiger partial charge in [0, 0.05) is 7.05 Å². The summed E-state index contributed by atoms with van der Waals surface area (Å²) in [4.78, 5) is 24.1. The third-order valence-corrected chi connectivity index (χ3v) is 2.69. The highest BCUT2D eigenvalue weighted by molar-refractivity contribution is 9.09. The van der Waals surface area contributed by atoms with Crippen molar-refractivity contribution in [3.63, 3.8) is 0 Å². The molecule has 0 radical (unpaired) electrons. The van der Waals surface area contributed by atoms with Crippen molar-refractivity contribution >= 4 is 27.8 Å². The summed E-state index contributed by atoms with van der Waals surface area (Å²) in [5, 5.41) is 0.226. The molecule has 4 nitrogen and oxygen atoms in total. The molecule has 0 aromatic carbocycles. The molecule has 14 heavy (non-hydrogen) atoms. The Balaban J connectivity index is 4.56. The van der Waals surface area contributed by atoms with Gasteiger partial charge in [0.2, 0.25) is 0 Å². The normalized spacial score (nSPS) is 10.9. The molecular formula is C9H16BrNO3. The average molecular weight is 266 g/mol. The zero-order valence-corrected chi connectivity index (χ0v) is 10.6. The number of amides is 1. The van der Waals surface area contributed by atoms with Crippen LogP contribution in [0.25, 0.3) is 0 Å². The standard InChI is InChI=1S/C9H16BrNO3/c1-5-14-8(13)11(4)9(2,3)7(12)6-10/h5-6H2,1-4H3. The number of rotatable bonds is 4. The summed E-state index contributed by atoms with van der Waals surface area (Å²) in [6, 6.07) is 0. The number of ether oxygens (including phenoxy) is 1. The first-order valence-electron chi connectivity index (χ1n) is 4.37. The molecule has 5 heteroatoms. The van der Waals surface area contributed by atoms with Crippen molar-refractivity contribution in [3.05, 3.63) is 0 Å². The van der Waals surface area contributed by atoms with Crippen LogP contribution in [-0.2, 0) is 9.53 Å². The topological polar surface area (TPSA) is 46.6 Å². The molecule has 0 saturated heterocycles. The van der Waals surface area contributed by atoms with Crippen molar-refractivity contribution in [1.29, 1.82) is 0 Å². The molecule has 0 aliphatic carbocycles. The van der Waals surface area contributed by atoms with Gasteiger partial charge in [-0.3, -0.25) is 9.69 Å². The lowest BCUT2D eigenvalue weighted by molar-refractivity contribution is -0.125. The Kier molecular flexibility index (Phi) is 5.12. The van der Waals surface area contributed by atoms with E-state index in [2.05, 4.69) is 15.9 Å². The molecular weight excluding hydrogens is 250 g/mol. The Morgan fingerprint density at radius 1 is 1.43 bits per heavy atom. The smallest absolute Gasteiger partial charge is 0.410 e. The molecule has 82 valence electrons. The van der Waals surface area contributed by atoms with Crippen LogP contribution in [0, 0.1) is 0 Å². The van der Waals surface area contributed by atoms with E-state index >= 15 is 0 Å². The van der Waals surface area contributed by atoms with Crippen LogP contribution < -0.4 is 0 Å². The second-order valence-electron chi connectivity index (χ2n) is 3.37. The molecule has 0 fully saturated rings. The van der Waals surface area contributed by atoms with Gasteiger partial charge in [-0.15, -0.1) is 0 Å². The lowest BCUT2D eigenvalue weighted by Gasteiger charge is -2.32. The van der Waals surface area contributed by atoms with Crippen molar-refractivity contribution in [2.45, 2.75) is 26.3 Å². The Bertz CT molecular complexity index is 228. The molecule has 0 spiro atoms. The largest absolute Gasteiger partial charge is 0.450 e. The first kappa shape index (κ1) is 13.4. The first-order chi connectivity index (χ1) is 6.37. The molecule has 0 saturated carbocycles. The highest BCUT2D eigenvalue weighted by Gasteiger charge is 2.34. The summed E-state index contributed by atoms with van der Waals surface area (Å²) in [6.07, 6.45) is -0.480. The van der Waals surface area contributed by atoms with Gasteiger partial charge in [-0.1, -0.05) is 15.9 Å². The van der Waals surface area contributed by atoms with Gasteiger partial charge in [-0.05, 0) is 20.8 Å². The Labute approximate surface area is 92.7 Å². The van der Waals surface area contributed by atoms with Crippen molar-refractivity contribution in [3.8, 4) is 0 Å².